The second-order valence-corrected chi connectivity index (χ2v) is 3.07. The lowest BCUT2D eigenvalue weighted by Crippen LogP contribution is -2.15. The van der Waals surface area contributed by atoms with Crippen molar-refractivity contribution in [2.45, 2.75) is 13.3 Å². The highest BCUT2D eigenvalue weighted by Gasteiger charge is 2.16. The number of methoxy groups -OCH3 is 1. The number of ether oxygens (including phenoxy) is 1. The molecule has 0 aromatic rings. The van der Waals surface area contributed by atoms with Crippen LogP contribution < -0.4 is 0 Å². The first kappa shape index (κ1) is 10.5. The third-order valence-corrected chi connectivity index (χ3v) is 1.93. The van der Waals surface area contributed by atoms with Crippen LogP contribution in [0.15, 0.2) is 0 Å². The van der Waals surface area contributed by atoms with Crippen LogP contribution in [0.2, 0.25) is 0 Å². The minimum Gasteiger partial charge on any atom is -0.469 e. The Kier molecular flexibility index (Phi) is 4.94. The van der Waals surface area contributed by atoms with Crippen molar-refractivity contribution in [1.29, 1.82) is 0 Å². The largest absolute Gasteiger partial charge is 0.469 e. The molecule has 0 radical (unpaired) electrons. The summed E-state index contributed by atoms with van der Waals surface area (Å²) in [5, 5.41) is 0.0166. The molecule has 3 nitrogen and oxygen atoms in total. The maximum atomic E-state index is 10.8. The van der Waals surface area contributed by atoms with Crippen molar-refractivity contribution in [3.05, 3.63) is 0 Å². The highest BCUT2D eigenvalue weighted by molar-refractivity contribution is 8.13. The van der Waals surface area contributed by atoms with Crippen molar-refractivity contribution in [2.24, 2.45) is 5.92 Å². The summed E-state index contributed by atoms with van der Waals surface area (Å²) in [6.45, 7) is 1.68. The molecule has 0 bridgehead atoms. The summed E-state index contributed by atoms with van der Waals surface area (Å²) in [6.07, 6.45) is 1.96. The van der Waals surface area contributed by atoms with Gasteiger partial charge in [0.25, 0.3) is 0 Å². The quantitative estimate of drug-likeness (QED) is 0.603. The molecule has 1 unspecified atom stereocenters. The molecule has 0 aromatic carbocycles. The standard InChI is InChI=1S/C7H12O3S/c1-5(7(9)10-2)4-6(8)11-3/h5H,4H2,1-3H3. The number of hydrogen-bond donors (Lipinski definition) is 0. The van der Waals surface area contributed by atoms with Gasteiger partial charge in [-0.15, -0.1) is 0 Å². The van der Waals surface area contributed by atoms with Gasteiger partial charge in [0.1, 0.15) is 0 Å². The number of rotatable bonds is 3. The zero-order chi connectivity index (χ0) is 8.85. The monoisotopic (exact) mass is 176 g/mol. The fourth-order valence-electron chi connectivity index (χ4n) is 0.618. The Morgan fingerprint density at radius 2 is 2.09 bits per heavy atom. The lowest BCUT2D eigenvalue weighted by Gasteiger charge is -2.05. The third kappa shape index (κ3) is 4.03. The summed E-state index contributed by atoms with van der Waals surface area (Å²) in [5.74, 6) is -0.646. The predicted octanol–water partition coefficient (Wildman–Crippen LogP) is 1.08. The molecule has 0 N–H and O–H groups in total. The molecular weight excluding hydrogens is 164 g/mol. The molecule has 0 fully saturated rings. The van der Waals surface area contributed by atoms with Gasteiger partial charge >= 0.3 is 5.97 Å². The Hall–Kier alpha value is -0.510. The summed E-state index contributed by atoms with van der Waals surface area (Å²) in [4.78, 5) is 21.6. The van der Waals surface area contributed by atoms with E-state index in [1.54, 1.807) is 13.2 Å². The number of thioether (sulfide) groups is 1. The van der Waals surface area contributed by atoms with Crippen molar-refractivity contribution < 1.29 is 14.3 Å². The van der Waals surface area contributed by atoms with E-state index in [0.717, 1.165) is 11.8 Å². The van der Waals surface area contributed by atoms with Crippen molar-refractivity contribution >= 4 is 22.8 Å². The Labute approximate surface area is 70.5 Å². The average molecular weight is 176 g/mol. The molecule has 0 heterocycles. The molecule has 0 amide bonds. The van der Waals surface area contributed by atoms with E-state index in [9.17, 15) is 9.59 Å². The fourth-order valence-corrected chi connectivity index (χ4v) is 1.03. The molecule has 4 heteroatoms. The molecule has 1 atom stereocenters. The van der Waals surface area contributed by atoms with Gasteiger partial charge in [-0.05, 0) is 6.26 Å². The molecule has 64 valence electrons. The van der Waals surface area contributed by atoms with Gasteiger partial charge in [0, 0.05) is 6.42 Å². The normalized spacial score (nSPS) is 12.3. The van der Waals surface area contributed by atoms with Crippen molar-refractivity contribution in [3.8, 4) is 0 Å². The zero-order valence-corrected chi connectivity index (χ0v) is 7.73. The smallest absolute Gasteiger partial charge is 0.308 e. The van der Waals surface area contributed by atoms with Crippen LogP contribution in [-0.2, 0) is 14.3 Å². The summed E-state index contributed by atoms with van der Waals surface area (Å²) >= 11 is 1.13. The van der Waals surface area contributed by atoms with Crippen LogP contribution >= 0.6 is 11.8 Å². The second kappa shape index (κ2) is 5.18. The van der Waals surface area contributed by atoms with Crippen LogP contribution in [0.25, 0.3) is 0 Å². The molecule has 0 aliphatic carbocycles. The highest BCUT2D eigenvalue weighted by atomic mass is 32.2. The van der Waals surface area contributed by atoms with Gasteiger partial charge in [-0.1, -0.05) is 18.7 Å². The summed E-state index contributed by atoms with van der Waals surface area (Å²) < 4.78 is 4.46. The van der Waals surface area contributed by atoms with Crippen LogP contribution in [0.5, 0.6) is 0 Å². The van der Waals surface area contributed by atoms with Crippen LogP contribution in [0.4, 0.5) is 0 Å². The lowest BCUT2D eigenvalue weighted by atomic mass is 10.1. The Balaban J connectivity index is 3.77. The van der Waals surface area contributed by atoms with Crippen molar-refractivity contribution in [1.82, 2.24) is 0 Å². The van der Waals surface area contributed by atoms with E-state index in [1.165, 1.54) is 7.11 Å². The second-order valence-electron chi connectivity index (χ2n) is 2.20. The van der Waals surface area contributed by atoms with Crippen molar-refractivity contribution in [3.63, 3.8) is 0 Å². The topological polar surface area (TPSA) is 43.4 Å². The molecule has 0 aliphatic heterocycles. The molecule has 0 saturated carbocycles. The zero-order valence-electron chi connectivity index (χ0n) is 6.92. The van der Waals surface area contributed by atoms with E-state index in [2.05, 4.69) is 4.74 Å². The lowest BCUT2D eigenvalue weighted by molar-refractivity contribution is -0.145. The van der Waals surface area contributed by atoms with Gasteiger partial charge in [0.05, 0.1) is 13.0 Å². The van der Waals surface area contributed by atoms with Gasteiger partial charge in [-0.2, -0.15) is 0 Å². The fraction of sp³-hybridized carbons (Fsp3) is 0.714. The predicted molar refractivity (Wildman–Crippen MR) is 44.3 cm³/mol. The van der Waals surface area contributed by atoms with Crippen LogP contribution in [0, 0.1) is 5.92 Å². The first-order valence-corrected chi connectivity index (χ1v) is 4.49. The Morgan fingerprint density at radius 1 is 1.55 bits per heavy atom. The Bertz CT molecular complexity index is 156. The average Bonchev–Trinajstić information content (AvgIpc) is 2.02. The molecule has 0 aromatic heterocycles. The van der Waals surface area contributed by atoms with E-state index >= 15 is 0 Å². The van der Waals surface area contributed by atoms with Gasteiger partial charge in [0.15, 0.2) is 5.12 Å². The van der Waals surface area contributed by atoms with Crippen LogP contribution in [0.3, 0.4) is 0 Å². The maximum absolute atomic E-state index is 10.8. The number of hydrogen-bond acceptors (Lipinski definition) is 4. The van der Waals surface area contributed by atoms with Crippen LogP contribution in [0.1, 0.15) is 13.3 Å². The van der Waals surface area contributed by atoms with Gasteiger partial charge in [0.2, 0.25) is 0 Å². The molecule has 11 heavy (non-hydrogen) atoms. The molecular formula is C7H12O3S. The van der Waals surface area contributed by atoms with Gasteiger partial charge < -0.3 is 4.74 Å². The van der Waals surface area contributed by atoms with Gasteiger partial charge in [-0.3, -0.25) is 9.59 Å². The number of esters is 1. The summed E-state index contributed by atoms with van der Waals surface area (Å²) in [5.41, 5.74) is 0. The maximum Gasteiger partial charge on any atom is 0.308 e. The molecule has 0 saturated heterocycles. The number of carbonyl (C=O) groups is 2. The van der Waals surface area contributed by atoms with E-state index < -0.39 is 0 Å². The van der Waals surface area contributed by atoms with E-state index in [4.69, 9.17) is 0 Å². The number of carbonyl (C=O) groups excluding carboxylic acids is 2. The van der Waals surface area contributed by atoms with Crippen molar-refractivity contribution in [2.75, 3.05) is 13.4 Å². The van der Waals surface area contributed by atoms with E-state index in [-0.39, 0.29) is 23.4 Å². The minimum atomic E-state index is -0.326. The molecule has 0 aliphatic rings. The Morgan fingerprint density at radius 3 is 2.45 bits per heavy atom. The summed E-state index contributed by atoms with van der Waals surface area (Å²) in [7, 11) is 1.32. The van der Waals surface area contributed by atoms with Crippen LogP contribution in [-0.4, -0.2) is 24.5 Å². The molecule has 0 spiro atoms. The SMILES string of the molecule is COC(=O)C(C)CC(=O)SC. The highest BCUT2D eigenvalue weighted by Crippen LogP contribution is 2.09. The minimum absolute atomic E-state index is 0.0166. The summed E-state index contributed by atoms with van der Waals surface area (Å²) in [6, 6.07) is 0. The van der Waals surface area contributed by atoms with Gasteiger partial charge in [-0.25, -0.2) is 0 Å². The van der Waals surface area contributed by atoms with E-state index in [1.807, 2.05) is 0 Å². The third-order valence-electron chi connectivity index (χ3n) is 1.30. The van der Waals surface area contributed by atoms with E-state index in [0.29, 0.717) is 0 Å². The molecule has 0 rings (SSSR count). The first-order chi connectivity index (χ1) is 5.11. The first-order valence-electron chi connectivity index (χ1n) is 3.26.